The summed E-state index contributed by atoms with van der Waals surface area (Å²) >= 11 is 11.0. The first kappa shape index (κ1) is 12.5. The third-order valence-corrected chi connectivity index (χ3v) is 2.69. The Morgan fingerprint density at radius 2 is 1.73 bits per heavy atom. The van der Waals surface area contributed by atoms with Gasteiger partial charge in [0.25, 0.3) is 0 Å². The average Bonchev–Trinajstić information content (AvgIpc) is 2.20. The van der Waals surface area contributed by atoms with E-state index >= 15 is 0 Å². The Balaban J connectivity index is 2.15. The van der Waals surface area contributed by atoms with Crippen molar-refractivity contribution in [3.8, 4) is 0 Å². The highest BCUT2D eigenvalue weighted by atomic mass is 35.5. The van der Waals surface area contributed by atoms with Gasteiger partial charge in [-0.05, 0) is 48.6 Å². The molecular weight excluding hydrogens is 231 g/mol. The minimum atomic E-state index is -0.235. The lowest BCUT2D eigenvalue weighted by atomic mass is 10.1. The van der Waals surface area contributed by atoms with Gasteiger partial charge in [-0.1, -0.05) is 30.2 Å². The molecule has 0 aliphatic rings. The van der Waals surface area contributed by atoms with Gasteiger partial charge >= 0.3 is 0 Å². The van der Waals surface area contributed by atoms with Crippen LogP contribution in [0.4, 0.5) is 0 Å². The number of carbonyl (C=O) groups is 1. The lowest BCUT2D eigenvalue weighted by Crippen LogP contribution is -1.88. The fourth-order valence-corrected chi connectivity index (χ4v) is 1.68. The van der Waals surface area contributed by atoms with Gasteiger partial charge in [-0.15, -0.1) is 0 Å². The zero-order valence-electron chi connectivity index (χ0n) is 8.51. The summed E-state index contributed by atoms with van der Waals surface area (Å²) in [7, 11) is 0. The highest BCUT2D eigenvalue weighted by molar-refractivity contribution is 6.63. The Labute approximate surface area is 100 Å². The first-order chi connectivity index (χ1) is 7.18. The zero-order valence-corrected chi connectivity index (χ0v) is 10.0. The molecule has 1 aromatic carbocycles. The minimum Gasteiger partial charge on any atom is -0.281 e. The summed E-state index contributed by atoms with van der Waals surface area (Å²) in [6.45, 7) is 0. The van der Waals surface area contributed by atoms with Crippen LogP contribution in [0.15, 0.2) is 24.3 Å². The van der Waals surface area contributed by atoms with E-state index in [1.807, 2.05) is 24.3 Å². The molecule has 0 bridgehead atoms. The van der Waals surface area contributed by atoms with Crippen LogP contribution < -0.4 is 0 Å². The van der Waals surface area contributed by atoms with Crippen LogP contribution in [0, 0.1) is 0 Å². The summed E-state index contributed by atoms with van der Waals surface area (Å²) in [5, 5.41) is 0.535. The van der Waals surface area contributed by atoms with Crippen LogP contribution in [0.25, 0.3) is 0 Å². The molecule has 0 amide bonds. The topological polar surface area (TPSA) is 17.1 Å². The predicted octanol–water partition coefficient (Wildman–Crippen LogP) is 4.21. The minimum absolute atomic E-state index is 0.235. The van der Waals surface area contributed by atoms with Gasteiger partial charge in [0.2, 0.25) is 5.24 Å². The molecule has 15 heavy (non-hydrogen) atoms. The summed E-state index contributed by atoms with van der Waals surface area (Å²) in [5.74, 6) is 0. The van der Waals surface area contributed by atoms with Gasteiger partial charge < -0.3 is 0 Å². The zero-order chi connectivity index (χ0) is 11.1. The summed E-state index contributed by atoms with van der Waals surface area (Å²) in [5.41, 5.74) is 1.29. The smallest absolute Gasteiger partial charge is 0.221 e. The second-order valence-corrected chi connectivity index (χ2v) is 4.40. The monoisotopic (exact) mass is 244 g/mol. The molecule has 0 aromatic heterocycles. The highest BCUT2D eigenvalue weighted by Gasteiger charge is 1.97. The molecule has 0 radical (unpaired) electrons. The van der Waals surface area contributed by atoms with E-state index in [9.17, 15) is 4.79 Å². The van der Waals surface area contributed by atoms with Crippen molar-refractivity contribution < 1.29 is 4.79 Å². The van der Waals surface area contributed by atoms with Crippen molar-refractivity contribution in [2.24, 2.45) is 0 Å². The van der Waals surface area contributed by atoms with Crippen molar-refractivity contribution in [1.29, 1.82) is 0 Å². The van der Waals surface area contributed by atoms with Gasteiger partial charge in [0.05, 0.1) is 0 Å². The van der Waals surface area contributed by atoms with Crippen LogP contribution in [0.1, 0.15) is 31.2 Å². The van der Waals surface area contributed by atoms with E-state index in [2.05, 4.69) is 0 Å². The van der Waals surface area contributed by atoms with Gasteiger partial charge in [0, 0.05) is 11.4 Å². The van der Waals surface area contributed by atoms with Crippen molar-refractivity contribution in [2.45, 2.75) is 32.1 Å². The lowest BCUT2D eigenvalue weighted by molar-refractivity contribution is -0.111. The third kappa shape index (κ3) is 5.81. The van der Waals surface area contributed by atoms with E-state index in [4.69, 9.17) is 23.2 Å². The highest BCUT2D eigenvalue weighted by Crippen LogP contribution is 2.12. The number of benzene rings is 1. The number of hydrogen-bond donors (Lipinski definition) is 0. The summed E-state index contributed by atoms with van der Waals surface area (Å²) < 4.78 is 0. The normalized spacial score (nSPS) is 10.3. The molecule has 0 N–H and O–H groups in total. The van der Waals surface area contributed by atoms with Crippen LogP contribution >= 0.6 is 23.2 Å². The maximum atomic E-state index is 10.5. The van der Waals surface area contributed by atoms with Gasteiger partial charge in [-0.25, -0.2) is 0 Å². The lowest BCUT2D eigenvalue weighted by Gasteiger charge is -2.00. The number of aryl methyl sites for hydroxylation is 1. The molecule has 1 nitrogen and oxygen atoms in total. The number of rotatable bonds is 6. The molecule has 0 saturated heterocycles. The fraction of sp³-hybridized carbons (Fsp3) is 0.417. The van der Waals surface area contributed by atoms with Crippen molar-refractivity contribution in [2.75, 3.05) is 0 Å². The summed E-state index contributed by atoms with van der Waals surface area (Å²) in [4.78, 5) is 10.5. The van der Waals surface area contributed by atoms with E-state index in [-0.39, 0.29) is 5.24 Å². The van der Waals surface area contributed by atoms with E-state index in [0.29, 0.717) is 6.42 Å². The van der Waals surface area contributed by atoms with Crippen LogP contribution in [0.3, 0.4) is 0 Å². The van der Waals surface area contributed by atoms with Crippen molar-refractivity contribution >= 4 is 28.4 Å². The van der Waals surface area contributed by atoms with E-state index in [0.717, 1.165) is 30.7 Å². The standard InChI is InChI=1S/C12H14Cl2O/c13-11-8-6-10(7-9-11)4-2-1-3-5-12(14)15/h6-9H,1-5H2. The molecule has 0 spiro atoms. The van der Waals surface area contributed by atoms with E-state index < -0.39 is 0 Å². The number of unbranched alkanes of at least 4 members (excludes halogenated alkanes) is 2. The molecule has 0 aliphatic heterocycles. The first-order valence-corrected chi connectivity index (χ1v) is 5.87. The van der Waals surface area contributed by atoms with E-state index in [1.165, 1.54) is 5.56 Å². The van der Waals surface area contributed by atoms with Crippen molar-refractivity contribution in [3.63, 3.8) is 0 Å². The molecular formula is C12H14Cl2O. The Hall–Kier alpha value is -0.530. The molecule has 0 heterocycles. The van der Waals surface area contributed by atoms with Crippen LogP contribution in [-0.2, 0) is 11.2 Å². The Morgan fingerprint density at radius 3 is 2.33 bits per heavy atom. The Bertz CT molecular complexity index is 306. The molecule has 0 saturated carbocycles. The quantitative estimate of drug-likeness (QED) is 0.542. The van der Waals surface area contributed by atoms with Gasteiger partial charge in [0.15, 0.2) is 0 Å². The van der Waals surface area contributed by atoms with Crippen molar-refractivity contribution in [1.82, 2.24) is 0 Å². The second kappa shape index (κ2) is 6.86. The molecule has 1 aromatic rings. The number of halogens is 2. The molecule has 0 fully saturated rings. The Morgan fingerprint density at radius 1 is 1.07 bits per heavy atom. The van der Waals surface area contributed by atoms with Gasteiger partial charge in [0.1, 0.15) is 0 Å². The van der Waals surface area contributed by atoms with Crippen LogP contribution in [0.2, 0.25) is 5.02 Å². The fourth-order valence-electron chi connectivity index (χ4n) is 1.42. The molecule has 0 unspecified atom stereocenters. The third-order valence-electron chi connectivity index (χ3n) is 2.25. The summed E-state index contributed by atoms with van der Waals surface area (Å²) in [6.07, 6.45) is 4.54. The SMILES string of the molecule is O=C(Cl)CCCCCc1ccc(Cl)cc1. The molecule has 0 atom stereocenters. The second-order valence-electron chi connectivity index (χ2n) is 3.54. The van der Waals surface area contributed by atoms with Crippen molar-refractivity contribution in [3.05, 3.63) is 34.9 Å². The van der Waals surface area contributed by atoms with Gasteiger partial charge in [-0.2, -0.15) is 0 Å². The number of hydrogen-bond acceptors (Lipinski definition) is 1. The van der Waals surface area contributed by atoms with Gasteiger partial charge in [-0.3, -0.25) is 4.79 Å². The predicted molar refractivity (Wildman–Crippen MR) is 64.5 cm³/mol. The summed E-state index contributed by atoms with van der Waals surface area (Å²) in [6, 6.07) is 7.88. The van der Waals surface area contributed by atoms with Crippen LogP contribution in [0.5, 0.6) is 0 Å². The Kier molecular flexibility index (Phi) is 5.74. The maximum Gasteiger partial charge on any atom is 0.221 e. The average molecular weight is 245 g/mol. The molecule has 3 heteroatoms. The maximum absolute atomic E-state index is 10.5. The van der Waals surface area contributed by atoms with Crippen LogP contribution in [-0.4, -0.2) is 5.24 Å². The number of carbonyl (C=O) groups excluding carboxylic acids is 1. The molecule has 1 rings (SSSR count). The van der Waals surface area contributed by atoms with E-state index in [1.54, 1.807) is 0 Å². The first-order valence-electron chi connectivity index (χ1n) is 5.11. The largest absolute Gasteiger partial charge is 0.281 e. The molecule has 82 valence electrons. The molecule has 0 aliphatic carbocycles.